The third-order valence-electron chi connectivity index (χ3n) is 0.960. The third kappa shape index (κ3) is 4.72. The van der Waals surface area contributed by atoms with E-state index in [1.54, 1.807) is 7.05 Å². The molecule has 0 aromatic heterocycles. The Balaban J connectivity index is 3.65. The molecule has 0 saturated heterocycles. The lowest BCUT2D eigenvalue weighted by molar-refractivity contribution is 0.250. The van der Waals surface area contributed by atoms with Crippen LogP contribution in [0.5, 0.6) is 0 Å². The number of ether oxygens (including phenoxy) is 1. The van der Waals surface area contributed by atoms with E-state index in [0.717, 1.165) is 0 Å². The lowest BCUT2D eigenvalue weighted by atomic mass is 10.8. The average molecular weight is 167 g/mol. The van der Waals surface area contributed by atoms with Gasteiger partial charge in [-0.05, 0) is 7.05 Å². The van der Waals surface area contributed by atoms with Crippen molar-refractivity contribution in [2.24, 2.45) is 0 Å². The Hall–Kier alpha value is -0.130. The van der Waals surface area contributed by atoms with Gasteiger partial charge in [0, 0.05) is 13.7 Å². The summed E-state index contributed by atoms with van der Waals surface area (Å²) in [5, 5.41) is 2.75. The summed E-state index contributed by atoms with van der Waals surface area (Å²) >= 11 is 0. The minimum absolute atomic E-state index is 0.136. The minimum atomic E-state index is -2.98. The van der Waals surface area contributed by atoms with Gasteiger partial charge in [-0.1, -0.05) is 0 Å². The Kier molecular flexibility index (Phi) is 4.59. The highest BCUT2D eigenvalue weighted by Crippen LogP contribution is 1.87. The normalized spacial score (nSPS) is 11.8. The van der Waals surface area contributed by atoms with Gasteiger partial charge in [0.15, 0.2) is 9.84 Å². The second-order valence-electron chi connectivity index (χ2n) is 1.96. The van der Waals surface area contributed by atoms with Crippen LogP contribution in [-0.2, 0) is 14.6 Å². The van der Waals surface area contributed by atoms with Crippen LogP contribution in [0.15, 0.2) is 0 Å². The molecule has 0 aromatic carbocycles. The number of nitrogens with one attached hydrogen (secondary N) is 1. The molecule has 0 radical (unpaired) electrons. The van der Waals surface area contributed by atoms with Gasteiger partial charge in [0.25, 0.3) is 0 Å². The molecule has 0 unspecified atom stereocenters. The van der Waals surface area contributed by atoms with E-state index in [1.165, 1.54) is 7.11 Å². The molecule has 0 fully saturated rings. The Morgan fingerprint density at radius 1 is 1.50 bits per heavy atom. The van der Waals surface area contributed by atoms with Gasteiger partial charge in [0.05, 0.1) is 5.75 Å². The molecule has 0 aliphatic carbocycles. The standard InChI is InChI=1S/C5H13NO3S/c1-6-3-4-10(7,8)5-9-2/h6H,3-5H2,1-2H3. The van der Waals surface area contributed by atoms with Gasteiger partial charge >= 0.3 is 0 Å². The van der Waals surface area contributed by atoms with Crippen molar-refractivity contribution in [1.82, 2.24) is 5.32 Å². The van der Waals surface area contributed by atoms with Crippen LogP contribution in [0, 0.1) is 0 Å². The Morgan fingerprint density at radius 3 is 2.50 bits per heavy atom. The Bertz CT molecular complexity index is 164. The van der Waals surface area contributed by atoms with Crippen LogP contribution in [-0.4, -0.2) is 40.8 Å². The molecule has 10 heavy (non-hydrogen) atoms. The maximum atomic E-state index is 10.8. The van der Waals surface area contributed by atoms with Crippen molar-refractivity contribution >= 4 is 9.84 Å². The first-order valence-corrected chi connectivity index (χ1v) is 4.78. The maximum absolute atomic E-state index is 10.8. The van der Waals surface area contributed by atoms with Crippen LogP contribution in [0.4, 0.5) is 0 Å². The van der Waals surface area contributed by atoms with Crippen molar-refractivity contribution in [2.75, 3.05) is 32.4 Å². The molecular formula is C5H13NO3S. The van der Waals surface area contributed by atoms with E-state index in [9.17, 15) is 8.42 Å². The number of sulfone groups is 1. The fourth-order valence-electron chi connectivity index (χ4n) is 0.496. The molecular weight excluding hydrogens is 154 g/mol. The van der Waals surface area contributed by atoms with Crippen LogP contribution in [0.25, 0.3) is 0 Å². The molecule has 0 rings (SSSR count). The Morgan fingerprint density at radius 2 is 2.10 bits per heavy atom. The fourth-order valence-corrected chi connectivity index (χ4v) is 1.49. The van der Waals surface area contributed by atoms with E-state index in [2.05, 4.69) is 10.1 Å². The highest BCUT2D eigenvalue weighted by Gasteiger charge is 2.07. The van der Waals surface area contributed by atoms with E-state index in [4.69, 9.17) is 0 Å². The zero-order chi connectivity index (χ0) is 8.04. The fraction of sp³-hybridized carbons (Fsp3) is 1.00. The molecule has 0 amide bonds. The van der Waals surface area contributed by atoms with Crippen molar-refractivity contribution < 1.29 is 13.2 Å². The molecule has 0 bridgehead atoms. The molecule has 0 atom stereocenters. The molecule has 0 saturated carbocycles. The van der Waals surface area contributed by atoms with Crippen LogP contribution >= 0.6 is 0 Å². The molecule has 62 valence electrons. The van der Waals surface area contributed by atoms with Crippen molar-refractivity contribution in [1.29, 1.82) is 0 Å². The zero-order valence-electron chi connectivity index (χ0n) is 6.25. The summed E-state index contributed by atoms with van der Waals surface area (Å²) in [5.41, 5.74) is 0. The molecule has 1 N–H and O–H groups in total. The quantitative estimate of drug-likeness (QED) is 0.584. The molecule has 0 aliphatic heterocycles. The van der Waals surface area contributed by atoms with Gasteiger partial charge in [0.1, 0.15) is 5.94 Å². The average Bonchev–Trinajstić information content (AvgIpc) is 1.84. The van der Waals surface area contributed by atoms with E-state index >= 15 is 0 Å². The topological polar surface area (TPSA) is 55.4 Å². The van der Waals surface area contributed by atoms with Gasteiger partial charge in [0.2, 0.25) is 0 Å². The number of rotatable bonds is 5. The number of hydrogen-bond acceptors (Lipinski definition) is 4. The van der Waals surface area contributed by atoms with Gasteiger partial charge in [-0.15, -0.1) is 0 Å². The molecule has 4 nitrogen and oxygen atoms in total. The lowest BCUT2D eigenvalue weighted by Gasteiger charge is -2.00. The van der Waals surface area contributed by atoms with Crippen molar-refractivity contribution in [2.45, 2.75) is 0 Å². The summed E-state index contributed by atoms with van der Waals surface area (Å²) in [7, 11) is 0.104. The summed E-state index contributed by atoms with van der Waals surface area (Å²) in [6.07, 6.45) is 0. The van der Waals surface area contributed by atoms with Crippen LogP contribution < -0.4 is 5.32 Å². The first-order chi connectivity index (χ1) is 4.62. The molecule has 0 aromatic rings. The molecule has 5 heteroatoms. The van der Waals surface area contributed by atoms with Crippen LogP contribution in [0.3, 0.4) is 0 Å². The van der Waals surface area contributed by atoms with Gasteiger partial charge in [-0.3, -0.25) is 0 Å². The first-order valence-electron chi connectivity index (χ1n) is 2.96. The SMILES string of the molecule is CNCCS(=O)(=O)COC. The Labute approximate surface area is 61.5 Å². The molecule has 0 aliphatic rings. The largest absolute Gasteiger partial charge is 0.369 e. The highest BCUT2D eigenvalue weighted by molar-refractivity contribution is 7.91. The predicted molar refractivity (Wildman–Crippen MR) is 39.6 cm³/mol. The second-order valence-corrected chi connectivity index (χ2v) is 4.09. The molecule has 0 spiro atoms. The van der Waals surface area contributed by atoms with E-state index in [-0.39, 0.29) is 11.7 Å². The van der Waals surface area contributed by atoms with Crippen LogP contribution in [0.1, 0.15) is 0 Å². The lowest BCUT2D eigenvalue weighted by Crippen LogP contribution is -2.21. The zero-order valence-corrected chi connectivity index (χ0v) is 7.07. The van der Waals surface area contributed by atoms with E-state index in [0.29, 0.717) is 6.54 Å². The summed E-state index contributed by atoms with van der Waals surface area (Å²) in [5.74, 6) is -0.0496. The third-order valence-corrected chi connectivity index (χ3v) is 2.38. The summed E-state index contributed by atoms with van der Waals surface area (Å²) in [6, 6.07) is 0. The van der Waals surface area contributed by atoms with Crippen molar-refractivity contribution in [3.63, 3.8) is 0 Å². The monoisotopic (exact) mass is 167 g/mol. The highest BCUT2D eigenvalue weighted by atomic mass is 32.2. The first kappa shape index (κ1) is 9.87. The summed E-state index contributed by atoms with van der Waals surface area (Å²) in [4.78, 5) is 0. The smallest absolute Gasteiger partial charge is 0.175 e. The van der Waals surface area contributed by atoms with Crippen molar-refractivity contribution in [3.8, 4) is 0 Å². The second kappa shape index (κ2) is 4.65. The molecule has 0 heterocycles. The van der Waals surface area contributed by atoms with E-state index in [1.807, 2.05) is 0 Å². The van der Waals surface area contributed by atoms with Crippen molar-refractivity contribution in [3.05, 3.63) is 0 Å². The van der Waals surface area contributed by atoms with Gasteiger partial charge < -0.3 is 10.1 Å². The number of hydrogen-bond donors (Lipinski definition) is 1. The van der Waals surface area contributed by atoms with E-state index < -0.39 is 9.84 Å². The summed E-state index contributed by atoms with van der Waals surface area (Å²) < 4.78 is 26.1. The predicted octanol–water partition coefficient (Wildman–Crippen LogP) is -0.775. The minimum Gasteiger partial charge on any atom is -0.369 e. The number of methoxy groups -OCH3 is 1. The van der Waals surface area contributed by atoms with Gasteiger partial charge in [-0.25, -0.2) is 8.42 Å². The van der Waals surface area contributed by atoms with Gasteiger partial charge in [-0.2, -0.15) is 0 Å². The maximum Gasteiger partial charge on any atom is 0.175 e. The summed E-state index contributed by atoms with van der Waals surface area (Å²) in [6.45, 7) is 0.478. The van der Waals surface area contributed by atoms with Crippen LogP contribution in [0.2, 0.25) is 0 Å².